The lowest BCUT2D eigenvalue weighted by atomic mass is 10.7. The fraction of sp³-hybridized carbons (Fsp3) is 0.200. The third kappa shape index (κ3) is 3.09. The molecule has 0 aromatic rings. The zero-order chi connectivity index (χ0) is 8.85. The van der Waals surface area contributed by atoms with Crippen LogP contribution >= 0.6 is 0 Å². The first-order valence-electron chi connectivity index (χ1n) is 2.59. The van der Waals surface area contributed by atoms with Gasteiger partial charge in [-0.05, 0) is 0 Å². The number of rotatable bonds is 2. The van der Waals surface area contributed by atoms with E-state index in [1.54, 1.807) is 0 Å². The standard InChI is InChI=1S/C5H6N2O4/c1-2-3-11-5(10)7(6)4(8)9/h2H,1,3H2,(H,8,9). The van der Waals surface area contributed by atoms with Gasteiger partial charge in [0.15, 0.2) is 0 Å². The second kappa shape index (κ2) is 4.15. The van der Waals surface area contributed by atoms with E-state index >= 15 is 0 Å². The van der Waals surface area contributed by atoms with E-state index in [9.17, 15) is 9.59 Å². The molecule has 0 saturated heterocycles. The summed E-state index contributed by atoms with van der Waals surface area (Å²) in [5.41, 5.74) is 8.35. The molecule has 0 bridgehead atoms. The second-order valence-electron chi connectivity index (χ2n) is 1.46. The summed E-state index contributed by atoms with van der Waals surface area (Å²) in [7, 11) is 0. The van der Waals surface area contributed by atoms with Gasteiger partial charge in [-0.15, -0.1) is 4.70 Å². The predicted molar refractivity (Wildman–Crippen MR) is 33.2 cm³/mol. The van der Waals surface area contributed by atoms with Gasteiger partial charge in [0.05, 0.1) is 0 Å². The molecule has 0 unspecified atom stereocenters. The maximum atomic E-state index is 10.4. The lowest BCUT2D eigenvalue weighted by Gasteiger charge is -1.96. The monoisotopic (exact) mass is 158 g/mol. The number of amides is 2. The molecule has 0 rings (SSSR count). The van der Waals surface area contributed by atoms with E-state index in [0.717, 1.165) is 0 Å². The number of carbonyl (C=O) groups is 2. The van der Waals surface area contributed by atoms with Crippen molar-refractivity contribution in [1.82, 2.24) is 0 Å². The molecule has 6 nitrogen and oxygen atoms in total. The van der Waals surface area contributed by atoms with Crippen LogP contribution < -0.4 is 0 Å². The Kier molecular flexibility index (Phi) is 3.50. The third-order valence-electron chi connectivity index (χ3n) is 0.679. The number of hydrogen-bond donors (Lipinski definition) is 1. The molecule has 11 heavy (non-hydrogen) atoms. The lowest BCUT2D eigenvalue weighted by Crippen LogP contribution is -2.23. The molecule has 0 aliphatic rings. The van der Waals surface area contributed by atoms with E-state index in [1.165, 1.54) is 6.08 Å². The molecule has 0 aromatic heterocycles. The molecule has 0 aromatic carbocycles. The zero-order valence-corrected chi connectivity index (χ0v) is 5.56. The van der Waals surface area contributed by atoms with Crippen LogP contribution in [0.3, 0.4) is 0 Å². The maximum Gasteiger partial charge on any atom is 0.597 e. The van der Waals surface area contributed by atoms with Crippen LogP contribution in [-0.4, -0.2) is 28.6 Å². The Balaban J connectivity index is 3.94. The normalized spacial score (nSPS) is 8.36. The number of imide groups is 1. The highest BCUT2D eigenvalue weighted by Gasteiger charge is 2.20. The van der Waals surface area contributed by atoms with Crippen LogP contribution in [0.25, 0.3) is 5.53 Å². The molecule has 60 valence electrons. The van der Waals surface area contributed by atoms with Crippen molar-refractivity contribution in [2.45, 2.75) is 0 Å². The molecule has 0 aliphatic carbocycles. The average molecular weight is 158 g/mol. The quantitative estimate of drug-likeness (QED) is 0.369. The van der Waals surface area contributed by atoms with E-state index in [4.69, 9.17) is 10.6 Å². The Labute approximate surface area is 62.2 Å². The van der Waals surface area contributed by atoms with Gasteiger partial charge in [-0.2, -0.15) is 9.59 Å². The molecular formula is C5H6N2O4. The van der Waals surface area contributed by atoms with Crippen molar-refractivity contribution in [3.63, 3.8) is 0 Å². The second-order valence-corrected chi connectivity index (χ2v) is 1.46. The largest absolute Gasteiger partial charge is 0.597 e. The summed E-state index contributed by atoms with van der Waals surface area (Å²) in [6.45, 7) is 3.06. The van der Waals surface area contributed by atoms with Crippen LogP contribution in [-0.2, 0) is 4.74 Å². The molecule has 0 heterocycles. The topological polar surface area (TPSA) is 88.9 Å². The van der Waals surface area contributed by atoms with Crippen molar-refractivity contribution in [2.24, 2.45) is 0 Å². The highest BCUT2D eigenvalue weighted by Crippen LogP contribution is 1.86. The SMILES string of the molecule is C=CCOC(=O)[N+](=[N-])C(=O)O. The van der Waals surface area contributed by atoms with E-state index in [0.29, 0.717) is 0 Å². The highest BCUT2D eigenvalue weighted by atomic mass is 16.6. The fourth-order valence-corrected chi connectivity index (χ4v) is 0.269. The van der Waals surface area contributed by atoms with Crippen LogP contribution in [0, 0.1) is 0 Å². The molecule has 2 amide bonds. The summed E-state index contributed by atoms with van der Waals surface area (Å²) in [5.74, 6) is 0. The average Bonchev–Trinajstić information content (AvgIpc) is 1.98. The molecule has 1 N–H and O–H groups in total. The molecule has 0 saturated carbocycles. The minimum absolute atomic E-state index is 0.150. The molecule has 0 atom stereocenters. The first-order chi connectivity index (χ1) is 5.09. The first-order valence-corrected chi connectivity index (χ1v) is 2.59. The number of hydrogen-bond acceptors (Lipinski definition) is 3. The van der Waals surface area contributed by atoms with E-state index in [-0.39, 0.29) is 6.61 Å². The summed E-state index contributed by atoms with van der Waals surface area (Å²) in [6, 6.07) is 0. The van der Waals surface area contributed by atoms with E-state index < -0.39 is 16.9 Å². The summed E-state index contributed by atoms with van der Waals surface area (Å²) in [6.07, 6.45) is -1.90. The van der Waals surface area contributed by atoms with Crippen LogP contribution in [0.15, 0.2) is 12.7 Å². The number of carbonyl (C=O) groups excluding carboxylic acids is 1. The smallest absolute Gasteiger partial charge is 0.481 e. The number of carboxylic acid groups (broad SMARTS) is 1. The lowest BCUT2D eigenvalue weighted by molar-refractivity contribution is -0.386. The van der Waals surface area contributed by atoms with Gasteiger partial charge in [0, 0.05) is 0 Å². The highest BCUT2D eigenvalue weighted by molar-refractivity contribution is 5.71. The van der Waals surface area contributed by atoms with Crippen molar-refractivity contribution in [1.29, 1.82) is 0 Å². The van der Waals surface area contributed by atoms with Gasteiger partial charge in [0.1, 0.15) is 6.61 Å². The van der Waals surface area contributed by atoms with Crippen LogP contribution in [0.1, 0.15) is 0 Å². The predicted octanol–water partition coefficient (Wildman–Crippen LogP) is 1.02. The fourth-order valence-electron chi connectivity index (χ4n) is 0.269. The Morgan fingerprint density at radius 3 is 2.64 bits per heavy atom. The van der Waals surface area contributed by atoms with Crippen molar-refractivity contribution in [3.05, 3.63) is 18.2 Å². The third-order valence-corrected chi connectivity index (χ3v) is 0.679. The minimum Gasteiger partial charge on any atom is -0.481 e. The summed E-state index contributed by atoms with van der Waals surface area (Å²) >= 11 is 0. The van der Waals surface area contributed by atoms with Gasteiger partial charge < -0.3 is 15.4 Å². The Hall–Kier alpha value is -1.72. The van der Waals surface area contributed by atoms with E-state index in [1.807, 2.05) is 0 Å². The maximum absolute atomic E-state index is 10.4. The molecular weight excluding hydrogens is 152 g/mol. The summed E-state index contributed by atoms with van der Waals surface area (Å²) in [4.78, 5) is 20.2. The van der Waals surface area contributed by atoms with Gasteiger partial charge in [-0.1, -0.05) is 12.7 Å². The summed E-state index contributed by atoms with van der Waals surface area (Å²) < 4.78 is 3.60. The van der Waals surface area contributed by atoms with Gasteiger partial charge >= 0.3 is 12.2 Å². The van der Waals surface area contributed by atoms with Gasteiger partial charge in [-0.25, -0.2) is 0 Å². The number of nitrogens with zero attached hydrogens (tertiary/aromatic N) is 2. The molecule has 0 aliphatic heterocycles. The van der Waals surface area contributed by atoms with Gasteiger partial charge in [0.25, 0.3) is 0 Å². The van der Waals surface area contributed by atoms with Crippen molar-refractivity contribution >= 4 is 12.2 Å². The van der Waals surface area contributed by atoms with Gasteiger partial charge in [0.2, 0.25) is 0 Å². The van der Waals surface area contributed by atoms with E-state index in [2.05, 4.69) is 11.3 Å². The minimum atomic E-state index is -1.79. The van der Waals surface area contributed by atoms with Gasteiger partial charge in [-0.3, -0.25) is 0 Å². The molecule has 0 spiro atoms. The molecule has 6 heteroatoms. The van der Waals surface area contributed by atoms with Crippen LogP contribution in [0.4, 0.5) is 9.59 Å². The van der Waals surface area contributed by atoms with Crippen molar-refractivity contribution in [2.75, 3.05) is 6.61 Å². The summed E-state index contributed by atoms with van der Waals surface area (Å²) in [5, 5.41) is 8.00. The zero-order valence-electron chi connectivity index (χ0n) is 5.56. The Morgan fingerprint density at radius 1 is 1.73 bits per heavy atom. The van der Waals surface area contributed by atoms with Crippen LogP contribution in [0.5, 0.6) is 0 Å². The first kappa shape index (κ1) is 9.28. The van der Waals surface area contributed by atoms with Crippen molar-refractivity contribution < 1.29 is 24.1 Å². The van der Waals surface area contributed by atoms with Crippen molar-refractivity contribution in [3.8, 4) is 0 Å². The molecule has 0 radical (unpaired) electrons. The number of ether oxygens (including phenoxy) is 1. The van der Waals surface area contributed by atoms with Crippen LogP contribution in [0.2, 0.25) is 0 Å². The molecule has 0 fully saturated rings. The Morgan fingerprint density at radius 2 is 2.27 bits per heavy atom. The Bertz CT molecular complexity index is 211.